The highest BCUT2D eigenvalue weighted by Crippen LogP contribution is 2.35. The fourth-order valence-corrected chi connectivity index (χ4v) is 5.74. The molecule has 0 spiro atoms. The lowest BCUT2D eigenvalue weighted by atomic mass is 9.88. The number of amides is 1. The van der Waals surface area contributed by atoms with Gasteiger partial charge in [-0.3, -0.25) is 19.9 Å². The van der Waals surface area contributed by atoms with E-state index in [1.165, 1.54) is 6.42 Å². The number of aromatic nitrogens is 5. The molecule has 7 nitrogen and oxygen atoms in total. The van der Waals surface area contributed by atoms with Gasteiger partial charge < -0.3 is 10.3 Å². The molecule has 0 aliphatic heterocycles. The zero-order valence-electron chi connectivity index (χ0n) is 21.4. The lowest BCUT2D eigenvalue weighted by molar-refractivity contribution is -0.120. The van der Waals surface area contributed by atoms with Crippen molar-refractivity contribution in [3.05, 3.63) is 85.5 Å². The van der Waals surface area contributed by atoms with Crippen molar-refractivity contribution in [3.63, 3.8) is 0 Å². The van der Waals surface area contributed by atoms with E-state index in [-0.39, 0.29) is 11.8 Å². The number of aromatic amines is 2. The van der Waals surface area contributed by atoms with Crippen LogP contribution < -0.4 is 5.32 Å². The van der Waals surface area contributed by atoms with E-state index in [9.17, 15) is 4.79 Å². The first-order valence-corrected chi connectivity index (χ1v) is 13.5. The second-order valence-corrected chi connectivity index (χ2v) is 10.3. The number of pyridine rings is 2. The number of anilines is 1. The number of carbonyl (C=O) groups is 1. The number of benzene rings is 2. The van der Waals surface area contributed by atoms with Gasteiger partial charge in [-0.1, -0.05) is 37.5 Å². The third kappa shape index (κ3) is 4.46. The molecule has 0 unspecified atom stereocenters. The molecule has 1 aliphatic carbocycles. The molecule has 3 N–H and O–H groups in total. The van der Waals surface area contributed by atoms with E-state index in [1.54, 1.807) is 6.20 Å². The minimum absolute atomic E-state index is 0.0997. The largest absolute Gasteiger partial charge is 0.353 e. The molecule has 1 fully saturated rings. The molecule has 0 atom stereocenters. The summed E-state index contributed by atoms with van der Waals surface area (Å²) >= 11 is 0. The van der Waals surface area contributed by atoms with E-state index >= 15 is 0 Å². The Labute approximate surface area is 225 Å². The van der Waals surface area contributed by atoms with Crippen molar-refractivity contribution in [1.29, 1.82) is 0 Å². The molecule has 7 heteroatoms. The van der Waals surface area contributed by atoms with Crippen molar-refractivity contribution in [2.24, 2.45) is 5.92 Å². The zero-order chi connectivity index (χ0) is 26.2. The fraction of sp³-hybridized carbons (Fsp3) is 0.188. The maximum atomic E-state index is 12.8. The van der Waals surface area contributed by atoms with Gasteiger partial charge in [0.25, 0.3) is 0 Å². The lowest BCUT2D eigenvalue weighted by Crippen LogP contribution is -2.24. The van der Waals surface area contributed by atoms with Crippen molar-refractivity contribution >= 4 is 33.4 Å². The van der Waals surface area contributed by atoms with Crippen LogP contribution in [0.1, 0.15) is 32.1 Å². The predicted molar refractivity (Wildman–Crippen MR) is 155 cm³/mol. The van der Waals surface area contributed by atoms with Crippen molar-refractivity contribution in [2.75, 3.05) is 5.32 Å². The van der Waals surface area contributed by atoms with E-state index in [0.717, 1.165) is 86.8 Å². The molecule has 192 valence electrons. The summed E-state index contributed by atoms with van der Waals surface area (Å²) in [6.07, 6.45) is 12.6. The maximum absolute atomic E-state index is 12.8. The van der Waals surface area contributed by atoms with Gasteiger partial charge in [-0.2, -0.15) is 5.10 Å². The highest BCUT2D eigenvalue weighted by atomic mass is 16.1. The van der Waals surface area contributed by atoms with Crippen molar-refractivity contribution in [1.82, 2.24) is 25.1 Å². The number of hydrogen-bond donors (Lipinski definition) is 3. The number of nitrogens with zero attached hydrogens (tertiary/aromatic N) is 3. The molecule has 39 heavy (non-hydrogen) atoms. The van der Waals surface area contributed by atoms with E-state index in [1.807, 2.05) is 42.9 Å². The van der Waals surface area contributed by atoms with Crippen molar-refractivity contribution < 1.29 is 4.79 Å². The summed E-state index contributed by atoms with van der Waals surface area (Å²) in [6.45, 7) is 0. The van der Waals surface area contributed by atoms with E-state index in [0.29, 0.717) is 0 Å². The first-order valence-electron chi connectivity index (χ1n) is 13.5. The Morgan fingerprint density at radius 1 is 0.795 bits per heavy atom. The minimum atomic E-state index is 0.0997. The Morgan fingerprint density at radius 3 is 2.54 bits per heavy atom. The Bertz CT molecular complexity index is 1800. The van der Waals surface area contributed by atoms with Gasteiger partial charge in [0.15, 0.2) is 0 Å². The number of rotatable bonds is 5. The van der Waals surface area contributed by atoms with Crippen LogP contribution in [-0.2, 0) is 4.79 Å². The molecule has 7 rings (SSSR count). The molecule has 0 radical (unpaired) electrons. The Kier molecular flexibility index (Phi) is 5.89. The first-order chi connectivity index (χ1) is 19.2. The summed E-state index contributed by atoms with van der Waals surface area (Å²) in [5.41, 5.74) is 8.78. The smallest absolute Gasteiger partial charge is 0.227 e. The predicted octanol–water partition coefficient (Wildman–Crippen LogP) is 7.35. The third-order valence-electron chi connectivity index (χ3n) is 7.79. The normalized spacial score (nSPS) is 14.2. The van der Waals surface area contributed by atoms with E-state index in [2.05, 4.69) is 66.9 Å². The van der Waals surface area contributed by atoms with Gasteiger partial charge in [-0.05, 0) is 72.0 Å². The highest BCUT2D eigenvalue weighted by Gasteiger charge is 2.21. The molecule has 6 aromatic rings. The Hall–Kier alpha value is -4.78. The molecule has 0 saturated heterocycles. The Morgan fingerprint density at radius 2 is 1.67 bits per heavy atom. The second-order valence-electron chi connectivity index (χ2n) is 10.3. The summed E-state index contributed by atoms with van der Waals surface area (Å²) < 4.78 is 0. The number of fused-ring (bicyclic) bond motifs is 2. The molecular formula is C32H28N6O. The maximum Gasteiger partial charge on any atom is 0.227 e. The molecule has 1 saturated carbocycles. The summed E-state index contributed by atoms with van der Waals surface area (Å²) in [7, 11) is 0. The van der Waals surface area contributed by atoms with Crippen LogP contribution in [-0.4, -0.2) is 31.1 Å². The van der Waals surface area contributed by atoms with Gasteiger partial charge >= 0.3 is 0 Å². The van der Waals surface area contributed by atoms with Gasteiger partial charge in [0, 0.05) is 46.4 Å². The highest BCUT2D eigenvalue weighted by molar-refractivity contribution is 6.02. The first kappa shape index (κ1) is 23.3. The van der Waals surface area contributed by atoms with Crippen LogP contribution in [0.5, 0.6) is 0 Å². The molecular weight excluding hydrogens is 484 g/mol. The Balaban J connectivity index is 1.23. The molecule has 1 aliphatic rings. The fourth-order valence-electron chi connectivity index (χ4n) is 5.74. The van der Waals surface area contributed by atoms with Gasteiger partial charge in [-0.15, -0.1) is 0 Å². The van der Waals surface area contributed by atoms with Gasteiger partial charge in [0.2, 0.25) is 5.91 Å². The standard InChI is InChI=1S/C32H28N6O/c39-32(21-5-2-1-3-6-21)35-24-15-23(18-34-19-24)22-9-10-29-27(16-22)31(38-37-29)30-17-26-25(7-4-8-28(26)36-30)20-11-13-33-14-12-20/h4,7-19,21,36H,1-3,5-6H2,(H,35,39)(H,37,38). The summed E-state index contributed by atoms with van der Waals surface area (Å²) in [5.74, 6) is 0.203. The van der Waals surface area contributed by atoms with Crippen LogP contribution in [0, 0.1) is 5.92 Å². The molecule has 4 heterocycles. The summed E-state index contributed by atoms with van der Waals surface area (Å²) in [6, 6.07) is 20.7. The average Bonchev–Trinajstić information content (AvgIpc) is 3.62. The van der Waals surface area contributed by atoms with Crippen LogP contribution >= 0.6 is 0 Å². The number of carbonyl (C=O) groups excluding carboxylic acids is 1. The molecule has 1 amide bonds. The minimum Gasteiger partial charge on any atom is -0.353 e. The second kappa shape index (κ2) is 9.83. The number of H-pyrrole nitrogens is 2. The monoisotopic (exact) mass is 512 g/mol. The summed E-state index contributed by atoms with van der Waals surface area (Å²) in [5, 5.41) is 13.1. The molecule has 0 bridgehead atoms. The van der Waals surface area contributed by atoms with Crippen LogP contribution in [0.2, 0.25) is 0 Å². The van der Waals surface area contributed by atoms with E-state index in [4.69, 9.17) is 0 Å². The SMILES string of the molecule is O=C(Nc1cncc(-c2ccc3[nH]nc(-c4cc5c(-c6ccncc6)cccc5[nH]4)c3c2)c1)C1CCCCC1. The van der Waals surface area contributed by atoms with Crippen LogP contribution in [0.3, 0.4) is 0 Å². The lowest BCUT2D eigenvalue weighted by Gasteiger charge is -2.20. The van der Waals surface area contributed by atoms with Crippen molar-refractivity contribution in [2.45, 2.75) is 32.1 Å². The topological polar surface area (TPSA) is 99.3 Å². The molecule has 4 aromatic heterocycles. The van der Waals surface area contributed by atoms with Crippen LogP contribution in [0.4, 0.5) is 5.69 Å². The number of nitrogens with one attached hydrogen (secondary N) is 3. The molecule has 2 aromatic carbocycles. The van der Waals surface area contributed by atoms with Crippen LogP contribution in [0.25, 0.3) is 55.4 Å². The number of hydrogen-bond acceptors (Lipinski definition) is 4. The summed E-state index contributed by atoms with van der Waals surface area (Å²) in [4.78, 5) is 24.9. The zero-order valence-corrected chi connectivity index (χ0v) is 21.4. The average molecular weight is 513 g/mol. The quantitative estimate of drug-likeness (QED) is 0.225. The van der Waals surface area contributed by atoms with Gasteiger partial charge in [0.1, 0.15) is 5.69 Å². The van der Waals surface area contributed by atoms with E-state index < -0.39 is 0 Å². The van der Waals surface area contributed by atoms with Gasteiger partial charge in [0.05, 0.1) is 23.1 Å². The van der Waals surface area contributed by atoms with Crippen molar-refractivity contribution in [3.8, 4) is 33.6 Å². The van der Waals surface area contributed by atoms with Gasteiger partial charge in [-0.25, -0.2) is 0 Å². The third-order valence-corrected chi connectivity index (χ3v) is 7.79. The van der Waals surface area contributed by atoms with Crippen LogP contribution in [0.15, 0.2) is 85.5 Å².